The molecule has 0 saturated carbocycles. The quantitative estimate of drug-likeness (QED) is 0.0431. The van der Waals surface area contributed by atoms with Crippen LogP contribution in [0.25, 0.3) is 0 Å². The molecule has 6 nitrogen and oxygen atoms in total. The summed E-state index contributed by atoms with van der Waals surface area (Å²) >= 11 is 0. The molecule has 0 aromatic rings. The van der Waals surface area contributed by atoms with Crippen molar-refractivity contribution in [3.05, 3.63) is 36.5 Å². The monoisotopic (exact) mass is 604 g/mol. The predicted octanol–water partition coefficient (Wildman–Crippen LogP) is 8.46. The minimum Gasteiger partial charge on any atom is -0.386 e. The van der Waals surface area contributed by atoms with Crippen LogP contribution in [0.15, 0.2) is 36.5 Å². The van der Waals surface area contributed by atoms with Crippen LogP contribution in [0.3, 0.4) is 0 Å². The predicted molar refractivity (Wildman–Crippen MR) is 178 cm³/mol. The molecule has 0 aliphatic carbocycles. The number of rotatable bonds is 30. The summed E-state index contributed by atoms with van der Waals surface area (Å²) in [5.41, 5.74) is -2.76. The van der Waals surface area contributed by atoms with Gasteiger partial charge in [0.25, 0.3) is 0 Å². The molecule has 0 fully saturated rings. The Balaban J connectivity index is 4.77. The molecular weight excluding hydrogens is 540 g/mol. The van der Waals surface area contributed by atoms with Crippen molar-refractivity contribution < 1.29 is 29.7 Å². The van der Waals surface area contributed by atoms with E-state index in [2.05, 4.69) is 57.2 Å². The Bertz CT molecular complexity index is 786. The zero-order valence-corrected chi connectivity index (χ0v) is 27.7. The number of carbonyl (C=O) groups excluding carboxylic acids is 3. The summed E-state index contributed by atoms with van der Waals surface area (Å²) in [7, 11) is 0. The summed E-state index contributed by atoms with van der Waals surface area (Å²) in [6.45, 7) is 6.38. The standard InChI is InChI=1S/C37H64O6/c1-4-7-10-13-14-15-16-17-18-19-20-21-22-25-26-29-32(38)35(41)36(42)37(43,33(39)30-27-23-11-8-5-2)34(40)31-28-24-12-9-6-3/h14-15,17-18,20-21,35-36,41-43H,4-13,16,19,22-31H2,1-3H3/b15-14-,18-17-,21-20-. The summed E-state index contributed by atoms with van der Waals surface area (Å²) < 4.78 is 0. The third kappa shape index (κ3) is 19.2. The van der Waals surface area contributed by atoms with Crippen molar-refractivity contribution in [3.63, 3.8) is 0 Å². The third-order valence-electron chi connectivity index (χ3n) is 7.98. The van der Waals surface area contributed by atoms with Gasteiger partial charge in [-0.15, -0.1) is 0 Å². The Labute approximate surface area is 263 Å². The first-order valence-electron chi connectivity index (χ1n) is 17.4. The van der Waals surface area contributed by atoms with Crippen molar-refractivity contribution in [3.8, 4) is 0 Å². The molecule has 0 spiro atoms. The molecule has 6 heteroatoms. The lowest BCUT2D eigenvalue weighted by atomic mass is 9.79. The van der Waals surface area contributed by atoms with E-state index in [0.29, 0.717) is 19.3 Å². The van der Waals surface area contributed by atoms with Crippen LogP contribution in [-0.2, 0) is 14.4 Å². The normalized spacial score (nSPS) is 13.8. The van der Waals surface area contributed by atoms with E-state index < -0.39 is 35.2 Å². The Morgan fingerprint density at radius 3 is 1.37 bits per heavy atom. The first-order chi connectivity index (χ1) is 20.8. The molecule has 0 aliphatic rings. The van der Waals surface area contributed by atoms with Gasteiger partial charge < -0.3 is 15.3 Å². The maximum absolute atomic E-state index is 13.1. The molecule has 2 unspecified atom stereocenters. The fourth-order valence-corrected chi connectivity index (χ4v) is 5.05. The molecule has 3 N–H and O–H groups in total. The van der Waals surface area contributed by atoms with Gasteiger partial charge in [-0.3, -0.25) is 14.4 Å². The summed E-state index contributed by atoms with van der Waals surface area (Å²) in [5.74, 6) is -2.26. The maximum Gasteiger partial charge on any atom is 0.210 e. The van der Waals surface area contributed by atoms with Crippen molar-refractivity contribution in [2.75, 3.05) is 0 Å². The van der Waals surface area contributed by atoms with Crippen molar-refractivity contribution in [1.29, 1.82) is 0 Å². The van der Waals surface area contributed by atoms with E-state index in [1.54, 1.807) is 0 Å². The molecule has 2 atom stereocenters. The van der Waals surface area contributed by atoms with Crippen molar-refractivity contribution in [2.24, 2.45) is 0 Å². The van der Waals surface area contributed by atoms with E-state index in [0.717, 1.165) is 83.5 Å². The van der Waals surface area contributed by atoms with Gasteiger partial charge in [0.2, 0.25) is 5.60 Å². The first-order valence-corrected chi connectivity index (χ1v) is 17.4. The molecule has 0 aromatic heterocycles. The summed E-state index contributed by atoms with van der Waals surface area (Å²) in [6.07, 6.45) is 25.9. The van der Waals surface area contributed by atoms with E-state index in [-0.39, 0.29) is 19.3 Å². The van der Waals surface area contributed by atoms with Gasteiger partial charge in [0.15, 0.2) is 17.3 Å². The summed E-state index contributed by atoms with van der Waals surface area (Å²) in [4.78, 5) is 38.9. The van der Waals surface area contributed by atoms with Crippen LogP contribution in [0.2, 0.25) is 0 Å². The fourth-order valence-electron chi connectivity index (χ4n) is 5.05. The number of unbranched alkanes of at least 4 members (excludes halogenated alkanes) is 13. The maximum atomic E-state index is 13.1. The molecule has 0 heterocycles. The number of ketones is 3. The number of carbonyl (C=O) groups is 3. The molecule has 0 rings (SSSR count). The van der Waals surface area contributed by atoms with Crippen LogP contribution in [0.5, 0.6) is 0 Å². The minimum absolute atomic E-state index is 0.00303. The van der Waals surface area contributed by atoms with Gasteiger partial charge in [0, 0.05) is 19.3 Å². The van der Waals surface area contributed by atoms with Crippen LogP contribution >= 0.6 is 0 Å². The van der Waals surface area contributed by atoms with Gasteiger partial charge in [-0.25, -0.2) is 0 Å². The number of aliphatic hydroxyl groups excluding tert-OH is 2. The number of aliphatic hydroxyl groups is 3. The van der Waals surface area contributed by atoms with Gasteiger partial charge in [0.05, 0.1) is 0 Å². The van der Waals surface area contributed by atoms with Crippen LogP contribution in [0, 0.1) is 0 Å². The van der Waals surface area contributed by atoms with E-state index in [4.69, 9.17) is 0 Å². The fraction of sp³-hybridized carbons (Fsp3) is 0.757. The highest BCUT2D eigenvalue weighted by Crippen LogP contribution is 2.25. The van der Waals surface area contributed by atoms with Crippen LogP contribution in [0.4, 0.5) is 0 Å². The van der Waals surface area contributed by atoms with Crippen molar-refractivity contribution >= 4 is 17.3 Å². The van der Waals surface area contributed by atoms with Crippen LogP contribution in [-0.4, -0.2) is 50.5 Å². The van der Waals surface area contributed by atoms with Gasteiger partial charge >= 0.3 is 0 Å². The number of allylic oxidation sites excluding steroid dienone is 6. The van der Waals surface area contributed by atoms with Crippen molar-refractivity contribution in [2.45, 2.75) is 180 Å². The lowest BCUT2D eigenvalue weighted by Gasteiger charge is -2.32. The second-order valence-electron chi connectivity index (χ2n) is 11.9. The Morgan fingerprint density at radius 1 is 0.535 bits per heavy atom. The second kappa shape index (κ2) is 27.6. The Hall–Kier alpha value is -1.89. The Kier molecular flexibility index (Phi) is 26.4. The largest absolute Gasteiger partial charge is 0.386 e. The van der Waals surface area contributed by atoms with Gasteiger partial charge in [-0.1, -0.05) is 121 Å². The second-order valence-corrected chi connectivity index (χ2v) is 11.9. The third-order valence-corrected chi connectivity index (χ3v) is 7.98. The number of hydrogen-bond donors (Lipinski definition) is 3. The molecule has 0 radical (unpaired) electrons. The van der Waals surface area contributed by atoms with Crippen LogP contribution < -0.4 is 0 Å². The molecule has 0 amide bonds. The smallest absolute Gasteiger partial charge is 0.210 e. The van der Waals surface area contributed by atoms with Gasteiger partial charge in [-0.2, -0.15) is 0 Å². The highest BCUT2D eigenvalue weighted by Gasteiger charge is 2.52. The summed E-state index contributed by atoms with van der Waals surface area (Å²) in [5, 5.41) is 32.8. The average Bonchev–Trinajstić information content (AvgIpc) is 3.01. The molecule has 0 bridgehead atoms. The SMILES string of the molecule is CCCCC/C=C\C/C=C\C/C=C\CCCCC(=O)C(O)C(O)C(O)(C(=O)CCCCCCC)C(=O)CCCCCCC. The van der Waals surface area contributed by atoms with Crippen molar-refractivity contribution in [1.82, 2.24) is 0 Å². The molecular formula is C37H64O6. The zero-order chi connectivity index (χ0) is 32.2. The average molecular weight is 605 g/mol. The molecule has 0 saturated heterocycles. The first kappa shape index (κ1) is 41.1. The van der Waals surface area contributed by atoms with E-state index in [1.807, 2.05) is 0 Å². The highest BCUT2D eigenvalue weighted by molar-refractivity contribution is 6.11. The Morgan fingerprint density at radius 2 is 0.907 bits per heavy atom. The number of hydrogen-bond acceptors (Lipinski definition) is 6. The molecule has 0 aliphatic heterocycles. The van der Waals surface area contributed by atoms with Gasteiger partial charge in [-0.05, 0) is 57.8 Å². The van der Waals surface area contributed by atoms with E-state index in [9.17, 15) is 29.7 Å². The molecule has 248 valence electrons. The summed E-state index contributed by atoms with van der Waals surface area (Å²) in [6, 6.07) is 0. The minimum atomic E-state index is -2.76. The van der Waals surface area contributed by atoms with Gasteiger partial charge in [0.1, 0.15) is 12.2 Å². The zero-order valence-electron chi connectivity index (χ0n) is 27.7. The number of Topliss-reactive ketones (excluding diaryl/α,β-unsaturated/α-hetero) is 3. The molecule has 0 aromatic carbocycles. The van der Waals surface area contributed by atoms with Crippen LogP contribution in [0.1, 0.15) is 162 Å². The highest BCUT2D eigenvalue weighted by atomic mass is 16.4. The topological polar surface area (TPSA) is 112 Å². The van der Waals surface area contributed by atoms with E-state index in [1.165, 1.54) is 19.3 Å². The van der Waals surface area contributed by atoms with E-state index >= 15 is 0 Å². The lowest BCUT2D eigenvalue weighted by molar-refractivity contribution is -0.174. The molecule has 43 heavy (non-hydrogen) atoms. The lowest BCUT2D eigenvalue weighted by Crippen LogP contribution is -2.61.